The highest BCUT2D eigenvalue weighted by molar-refractivity contribution is 4.87. The number of hydrogen-bond donors (Lipinski definition) is 0. The van der Waals surface area contributed by atoms with Crippen molar-refractivity contribution in [3.05, 3.63) is 6.42 Å². The third-order valence-corrected chi connectivity index (χ3v) is 1.93. The van der Waals surface area contributed by atoms with Crippen LogP contribution in [0.15, 0.2) is 0 Å². The van der Waals surface area contributed by atoms with Crippen molar-refractivity contribution in [2.75, 3.05) is 6.79 Å². The molecule has 0 aromatic heterocycles. The van der Waals surface area contributed by atoms with Crippen LogP contribution in [-0.4, -0.2) is 19.0 Å². The molecular weight excluding hydrogens is 116 g/mol. The number of ether oxygens (including phenoxy) is 2. The standard InChI is InChI=1S/C7H10O2/c1-2-4-7-6(3-1)8-5-9-7/h6-7H,1,3-5H2. The largest absolute Gasteiger partial charge is 0.349 e. The lowest BCUT2D eigenvalue weighted by molar-refractivity contribution is 0.0398. The van der Waals surface area contributed by atoms with Crippen molar-refractivity contribution in [1.29, 1.82) is 0 Å². The highest BCUT2D eigenvalue weighted by atomic mass is 16.7. The second-order valence-electron chi connectivity index (χ2n) is 2.52. The van der Waals surface area contributed by atoms with Gasteiger partial charge in [0.1, 0.15) is 6.79 Å². The fourth-order valence-corrected chi connectivity index (χ4v) is 1.38. The molecule has 1 saturated heterocycles. The van der Waals surface area contributed by atoms with Crippen LogP contribution in [0.4, 0.5) is 0 Å². The Balaban J connectivity index is 1.97. The van der Waals surface area contributed by atoms with Gasteiger partial charge in [0.25, 0.3) is 0 Å². The zero-order chi connectivity index (χ0) is 6.10. The molecule has 2 atom stereocenters. The molecule has 2 nitrogen and oxygen atoms in total. The predicted octanol–water partition coefficient (Wildman–Crippen LogP) is 0.993. The van der Waals surface area contributed by atoms with Gasteiger partial charge in [0.05, 0.1) is 12.2 Å². The van der Waals surface area contributed by atoms with Gasteiger partial charge in [0, 0.05) is 0 Å². The van der Waals surface area contributed by atoms with Crippen molar-refractivity contribution in [2.24, 2.45) is 0 Å². The molecule has 1 saturated carbocycles. The average molecular weight is 126 g/mol. The Morgan fingerprint density at radius 3 is 3.00 bits per heavy atom. The van der Waals surface area contributed by atoms with Crippen molar-refractivity contribution >= 4 is 0 Å². The van der Waals surface area contributed by atoms with Gasteiger partial charge in [-0.1, -0.05) is 0 Å². The van der Waals surface area contributed by atoms with E-state index in [4.69, 9.17) is 9.47 Å². The molecule has 2 aliphatic rings. The van der Waals surface area contributed by atoms with Crippen LogP contribution in [0.5, 0.6) is 0 Å². The number of hydrogen-bond acceptors (Lipinski definition) is 2. The molecule has 1 aliphatic carbocycles. The summed E-state index contributed by atoms with van der Waals surface area (Å²) in [5.41, 5.74) is 0. The summed E-state index contributed by atoms with van der Waals surface area (Å²) in [5, 5.41) is 0. The Morgan fingerprint density at radius 1 is 1.22 bits per heavy atom. The summed E-state index contributed by atoms with van der Waals surface area (Å²) in [5.74, 6) is 0. The summed E-state index contributed by atoms with van der Waals surface area (Å²) >= 11 is 0. The molecule has 0 spiro atoms. The molecule has 1 aliphatic heterocycles. The predicted molar refractivity (Wildman–Crippen MR) is 31.7 cm³/mol. The maximum Gasteiger partial charge on any atom is 0.147 e. The normalized spacial score (nSPS) is 42.7. The van der Waals surface area contributed by atoms with Crippen molar-refractivity contribution in [3.8, 4) is 0 Å². The lowest BCUT2D eigenvalue weighted by Crippen LogP contribution is -2.26. The van der Waals surface area contributed by atoms with Gasteiger partial charge in [-0.15, -0.1) is 0 Å². The van der Waals surface area contributed by atoms with Gasteiger partial charge in [-0.05, 0) is 25.7 Å². The minimum atomic E-state index is 0.332. The summed E-state index contributed by atoms with van der Waals surface area (Å²) < 4.78 is 10.6. The Hall–Kier alpha value is -0.0800. The topological polar surface area (TPSA) is 18.5 Å². The van der Waals surface area contributed by atoms with Crippen molar-refractivity contribution in [1.82, 2.24) is 0 Å². The first-order chi connectivity index (χ1) is 4.47. The zero-order valence-corrected chi connectivity index (χ0v) is 5.30. The molecule has 2 fully saturated rings. The second kappa shape index (κ2) is 2.27. The molecule has 2 heteroatoms. The lowest BCUT2D eigenvalue weighted by Gasteiger charge is -2.20. The molecule has 0 amide bonds. The van der Waals surface area contributed by atoms with E-state index in [2.05, 4.69) is 6.42 Å². The molecule has 0 aromatic rings. The van der Waals surface area contributed by atoms with E-state index in [1.54, 1.807) is 0 Å². The maximum absolute atomic E-state index is 5.29. The number of fused-ring (bicyclic) bond motifs is 1. The van der Waals surface area contributed by atoms with Crippen LogP contribution in [0.1, 0.15) is 19.3 Å². The summed E-state index contributed by atoms with van der Waals surface area (Å²) in [4.78, 5) is 0. The Morgan fingerprint density at radius 2 is 2.11 bits per heavy atom. The fraction of sp³-hybridized carbons (Fsp3) is 0.857. The van der Waals surface area contributed by atoms with E-state index >= 15 is 0 Å². The van der Waals surface area contributed by atoms with Gasteiger partial charge >= 0.3 is 0 Å². The quantitative estimate of drug-likeness (QED) is 0.482. The minimum absolute atomic E-state index is 0.332. The van der Waals surface area contributed by atoms with E-state index in [1.807, 2.05) is 0 Å². The van der Waals surface area contributed by atoms with Crippen LogP contribution in [0.3, 0.4) is 0 Å². The first-order valence-corrected chi connectivity index (χ1v) is 3.41. The van der Waals surface area contributed by atoms with Crippen LogP contribution in [0, 0.1) is 6.42 Å². The summed E-state index contributed by atoms with van der Waals surface area (Å²) in [6.45, 7) is 0.497. The van der Waals surface area contributed by atoms with Crippen LogP contribution >= 0.6 is 0 Å². The Kier molecular flexibility index (Phi) is 1.44. The average Bonchev–Trinajstić information content (AvgIpc) is 2.33. The van der Waals surface area contributed by atoms with Gasteiger partial charge in [-0.2, -0.15) is 0 Å². The third kappa shape index (κ3) is 0.970. The van der Waals surface area contributed by atoms with E-state index < -0.39 is 0 Å². The lowest BCUT2D eigenvalue weighted by atomic mass is 9.95. The highest BCUT2D eigenvalue weighted by Gasteiger charge is 2.31. The molecule has 50 valence electrons. The van der Waals surface area contributed by atoms with Gasteiger partial charge in [0.2, 0.25) is 0 Å². The van der Waals surface area contributed by atoms with E-state index in [0.29, 0.717) is 19.0 Å². The first-order valence-electron chi connectivity index (χ1n) is 3.41. The monoisotopic (exact) mass is 126 g/mol. The van der Waals surface area contributed by atoms with Gasteiger partial charge < -0.3 is 9.47 Å². The first kappa shape index (κ1) is 5.69. The van der Waals surface area contributed by atoms with Crippen LogP contribution in [-0.2, 0) is 9.47 Å². The smallest absolute Gasteiger partial charge is 0.147 e. The van der Waals surface area contributed by atoms with Gasteiger partial charge in [0.15, 0.2) is 0 Å². The Labute approximate surface area is 55.1 Å². The SMILES string of the molecule is [C]1CCC2OCOC2C1. The van der Waals surface area contributed by atoms with Crippen LogP contribution < -0.4 is 0 Å². The van der Waals surface area contributed by atoms with E-state index in [9.17, 15) is 0 Å². The minimum Gasteiger partial charge on any atom is -0.349 e. The summed E-state index contributed by atoms with van der Waals surface area (Å²) in [7, 11) is 0. The van der Waals surface area contributed by atoms with E-state index in [1.165, 1.54) is 0 Å². The molecule has 1 heterocycles. The summed E-state index contributed by atoms with van der Waals surface area (Å²) in [6.07, 6.45) is 7.10. The highest BCUT2D eigenvalue weighted by Crippen LogP contribution is 2.26. The Bertz CT molecular complexity index is 91.1. The molecule has 2 unspecified atom stereocenters. The molecule has 2 rings (SSSR count). The van der Waals surface area contributed by atoms with E-state index in [-0.39, 0.29) is 0 Å². The van der Waals surface area contributed by atoms with E-state index in [0.717, 1.165) is 19.3 Å². The van der Waals surface area contributed by atoms with Crippen LogP contribution in [0.25, 0.3) is 0 Å². The zero-order valence-electron chi connectivity index (χ0n) is 5.30. The molecular formula is C7H10O2. The van der Waals surface area contributed by atoms with Crippen molar-refractivity contribution in [3.63, 3.8) is 0 Å². The van der Waals surface area contributed by atoms with Crippen molar-refractivity contribution < 1.29 is 9.47 Å². The van der Waals surface area contributed by atoms with Crippen LogP contribution in [0.2, 0.25) is 0 Å². The fourth-order valence-electron chi connectivity index (χ4n) is 1.38. The molecule has 0 aromatic carbocycles. The molecule has 2 radical (unpaired) electrons. The molecule has 0 N–H and O–H groups in total. The number of rotatable bonds is 0. The third-order valence-electron chi connectivity index (χ3n) is 1.93. The summed E-state index contributed by atoms with van der Waals surface area (Å²) in [6, 6.07) is 0. The maximum atomic E-state index is 5.29. The van der Waals surface area contributed by atoms with Crippen molar-refractivity contribution in [2.45, 2.75) is 31.5 Å². The van der Waals surface area contributed by atoms with Gasteiger partial charge in [-0.25, -0.2) is 0 Å². The second-order valence-corrected chi connectivity index (χ2v) is 2.52. The molecule has 0 bridgehead atoms. The molecule has 9 heavy (non-hydrogen) atoms. The van der Waals surface area contributed by atoms with Gasteiger partial charge in [-0.3, -0.25) is 0 Å².